The molecule has 1 unspecified atom stereocenters. The number of hydrogen-bond donors (Lipinski definition) is 1. The van der Waals surface area contributed by atoms with Gasteiger partial charge in [0.15, 0.2) is 0 Å². The minimum absolute atomic E-state index is 0.593. The van der Waals surface area contributed by atoms with Crippen molar-refractivity contribution in [3.05, 3.63) is 71.3 Å². The van der Waals surface area contributed by atoms with Crippen molar-refractivity contribution in [1.29, 1.82) is 0 Å². The molecule has 0 aliphatic heterocycles. The van der Waals surface area contributed by atoms with Crippen LogP contribution in [-0.4, -0.2) is 12.6 Å². The van der Waals surface area contributed by atoms with E-state index < -0.39 is 0 Å². The van der Waals surface area contributed by atoms with Gasteiger partial charge in [0.2, 0.25) is 0 Å². The van der Waals surface area contributed by atoms with Crippen LogP contribution in [0.1, 0.15) is 36.5 Å². The van der Waals surface area contributed by atoms with Crippen LogP contribution in [0.2, 0.25) is 0 Å². The maximum atomic E-state index is 3.81. The normalized spacial score (nSPS) is 16.1. The molecular formula is C20H25N. The topological polar surface area (TPSA) is 12.0 Å². The monoisotopic (exact) mass is 279 g/mol. The predicted molar refractivity (Wildman–Crippen MR) is 89.7 cm³/mol. The van der Waals surface area contributed by atoms with Gasteiger partial charge in [-0.1, -0.05) is 68.4 Å². The van der Waals surface area contributed by atoms with Gasteiger partial charge in [0, 0.05) is 12.6 Å². The highest BCUT2D eigenvalue weighted by atomic mass is 14.9. The van der Waals surface area contributed by atoms with Gasteiger partial charge in [-0.2, -0.15) is 0 Å². The highest BCUT2D eigenvalue weighted by molar-refractivity contribution is 5.33. The van der Waals surface area contributed by atoms with Gasteiger partial charge in [-0.05, 0) is 41.4 Å². The van der Waals surface area contributed by atoms with Crippen LogP contribution in [0.5, 0.6) is 0 Å². The minimum atomic E-state index is 0.593. The first kappa shape index (κ1) is 14.3. The van der Waals surface area contributed by atoms with Gasteiger partial charge in [-0.25, -0.2) is 0 Å². The minimum Gasteiger partial charge on any atom is -0.313 e. The lowest BCUT2D eigenvalue weighted by Crippen LogP contribution is -2.34. The summed E-state index contributed by atoms with van der Waals surface area (Å²) >= 11 is 0. The first-order valence-electron chi connectivity index (χ1n) is 8.09. The molecule has 0 saturated carbocycles. The van der Waals surface area contributed by atoms with Gasteiger partial charge in [0.25, 0.3) is 0 Å². The van der Waals surface area contributed by atoms with Crippen LogP contribution >= 0.6 is 0 Å². The summed E-state index contributed by atoms with van der Waals surface area (Å²) in [4.78, 5) is 0. The molecule has 0 amide bonds. The van der Waals surface area contributed by atoms with E-state index >= 15 is 0 Å². The summed E-state index contributed by atoms with van der Waals surface area (Å²) in [5, 5.41) is 3.81. The number of rotatable bonds is 5. The van der Waals surface area contributed by atoms with Crippen molar-refractivity contribution in [1.82, 2.24) is 5.32 Å². The van der Waals surface area contributed by atoms with E-state index in [1.165, 1.54) is 29.5 Å². The molecule has 0 heterocycles. The molecule has 1 heteroatoms. The zero-order valence-electron chi connectivity index (χ0n) is 13.0. The number of fused-ring (bicyclic) bond motifs is 1. The molecule has 0 spiro atoms. The van der Waals surface area contributed by atoms with Crippen molar-refractivity contribution in [3.63, 3.8) is 0 Å². The van der Waals surface area contributed by atoms with Gasteiger partial charge in [0.05, 0.1) is 0 Å². The van der Waals surface area contributed by atoms with E-state index in [9.17, 15) is 0 Å². The molecule has 1 atom stereocenters. The maximum absolute atomic E-state index is 3.81. The summed E-state index contributed by atoms with van der Waals surface area (Å²) in [5.74, 6) is 1.25. The van der Waals surface area contributed by atoms with Crippen LogP contribution in [0.3, 0.4) is 0 Å². The summed E-state index contributed by atoms with van der Waals surface area (Å²) < 4.78 is 0. The lowest BCUT2D eigenvalue weighted by molar-refractivity contribution is 0.426. The molecule has 1 N–H and O–H groups in total. The van der Waals surface area contributed by atoms with Gasteiger partial charge in [-0.3, -0.25) is 0 Å². The summed E-state index contributed by atoms with van der Waals surface area (Å²) in [6.45, 7) is 5.71. The molecule has 0 bridgehead atoms. The summed E-state index contributed by atoms with van der Waals surface area (Å²) in [7, 11) is 0. The Morgan fingerprint density at radius 3 is 2.05 bits per heavy atom. The molecule has 0 fully saturated rings. The highest BCUT2D eigenvalue weighted by Gasteiger charge is 2.22. The first-order chi connectivity index (χ1) is 10.2. The second-order valence-corrected chi connectivity index (χ2v) is 6.54. The van der Waals surface area contributed by atoms with Crippen molar-refractivity contribution in [2.24, 2.45) is 5.92 Å². The van der Waals surface area contributed by atoms with E-state index in [0.29, 0.717) is 17.9 Å². The Balaban J connectivity index is 1.62. The molecule has 110 valence electrons. The number of benzene rings is 2. The Hall–Kier alpha value is -1.60. The van der Waals surface area contributed by atoms with E-state index in [-0.39, 0.29) is 0 Å². The Labute approximate surface area is 128 Å². The van der Waals surface area contributed by atoms with E-state index in [0.717, 1.165) is 6.54 Å². The quantitative estimate of drug-likeness (QED) is 0.865. The fourth-order valence-corrected chi connectivity index (χ4v) is 3.44. The van der Waals surface area contributed by atoms with Crippen LogP contribution in [0.4, 0.5) is 0 Å². The SMILES string of the molecule is CC(C)C(CNC1Cc2ccccc2C1)c1ccccc1. The molecule has 1 nitrogen and oxygen atoms in total. The van der Waals surface area contributed by atoms with Crippen molar-refractivity contribution in [2.45, 2.75) is 38.6 Å². The largest absolute Gasteiger partial charge is 0.313 e. The maximum Gasteiger partial charge on any atom is 0.0148 e. The molecule has 1 aliphatic carbocycles. The van der Waals surface area contributed by atoms with Crippen LogP contribution in [0.25, 0.3) is 0 Å². The highest BCUT2D eigenvalue weighted by Crippen LogP contribution is 2.26. The Morgan fingerprint density at radius 1 is 0.905 bits per heavy atom. The third kappa shape index (κ3) is 3.36. The standard InChI is InChI=1S/C20H25N/c1-15(2)20(16-8-4-3-5-9-16)14-21-19-12-17-10-6-7-11-18(17)13-19/h3-11,15,19-21H,12-14H2,1-2H3. The molecular weight excluding hydrogens is 254 g/mol. The zero-order chi connectivity index (χ0) is 14.7. The van der Waals surface area contributed by atoms with E-state index in [1.807, 2.05) is 0 Å². The van der Waals surface area contributed by atoms with Crippen LogP contribution in [0.15, 0.2) is 54.6 Å². The predicted octanol–water partition coefficient (Wildman–Crippen LogP) is 4.18. The van der Waals surface area contributed by atoms with Gasteiger partial charge >= 0.3 is 0 Å². The van der Waals surface area contributed by atoms with Crippen LogP contribution < -0.4 is 5.32 Å². The third-order valence-corrected chi connectivity index (χ3v) is 4.71. The van der Waals surface area contributed by atoms with Gasteiger partial charge < -0.3 is 5.32 Å². The fraction of sp³-hybridized carbons (Fsp3) is 0.400. The zero-order valence-corrected chi connectivity index (χ0v) is 13.0. The molecule has 0 saturated heterocycles. The van der Waals surface area contributed by atoms with E-state index in [1.54, 1.807) is 0 Å². The third-order valence-electron chi connectivity index (χ3n) is 4.71. The van der Waals surface area contributed by atoms with Crippen molar-refractivity contribution < 1.29 is 0 Å². The molecule has 21 heavy (non-hydrogen) atoms. The molecule has 0 aromatic heterocycles. The second kappa shape index (κ2) is 6.44. The van der Waals surface area contributed by atoms with Crippen molar-refractivity contribution in [3.8, 4) is 0 Å². The molecule has 1 aliphatic rings. The Kier molecular flexibility index (Phi) is 4.40. The summed E-state index contributed by atoms with van der Waals surface area (Å²) in [6, 6.07) is 20.4. The van der Waals surface area contributed by atoms with Crippen molar-refractivity contribution in [2.75, 3.05) is 6.54 Å². The van der Waals surface area contributed by atoms with Gasteiger partial charge in [0.1, 0.15) is 0 Å². The average Bonchev–Trinajstić information content (AvgIpc) is 2.91. The Morgan fingerprint density at radius 2 is 1.48 bits per heavy atom. The smallest absolute Gasteiger partial charge is 0.0148 e. The second-order valence-electron chi connectivity index (χ2n) is 6.54. The van der Waals surface area contributed by atoms with Crippen LogP contribution in [0, 0.1) is 5.92 Å². The van der Waals surface area contributed by atoms with E-state index in [2.05, 4.69) is 73.8 Å². The van der Waals surface area contributed by atoms with Crippen molar-refractivity contribution >= 4 is 0 Å². The molecule has 3 rings (SSSR count). The molecule has 0 radical (unpaired) electrons. The molecule has 2 aromatic carbocycles. The fourth-order valence-electron chi connectivity index (χ4n) is 3.44. The number of hydrogen-bond acceptors (Lipinski definition) is 1. The van der Waals surface area contributed by atoms with Crippen LogP contribution in [-0.2, 0) is 12.8 Å². The van der Waals surface area contributed by atoms with Gasteiger partial charge in [-0.15, -0.1) is 0 Å². The lowest BCUT2D eigenvalue weighted by atomic mass is 9.88. The summed E-state index contributed by atoms with van der Waals surface area (Å²) in [6.07, 6.45) is 2.35. The lowest BCUT2D eigenvalue weighted by Gasteiger charge is -2.24. The first-order valence-corrected chi connectivity index (χ1v) is 8.09. The Bertz CT molecular complexity index is 548. The number of nitrogens with one attached hydrogen (secondary N) is 1. The van der Waals surface area contributed by atoms with E-state index in [4.69, 9.17) is 0 Å². The summed E-state index contributed by atoms with van der Waals surface area (Å²) in [5.41, 5.74) is 4.50. The molecule has 2 aromatic rings. The average molecular weight is 279 g/mol.